The molecule has 1 aliphatic carbocycles. The second-order valence-electron chi connectivity index (χ2n) is 9.72. The molecule has 6 unspecified atom stereocenters. The lowest BCUT2D eigenvalue weighted by atomic mass is 9.86. The van der Waals surface area contributed by atoms with Crippen molar-refractivity contribution in [1.29, 1.82) is 10.5 Å². The van der Waals surface area contributed by atoms with Gasteiger partial charge >= 0.3 is 0 Å². The van der Waals surface area contributed by atoms with Crippen molar-refractivity contribution in [2.24, 2.45) is 20.9 Å². The average Bonchev–Trinajstić information content (AvgIpc) is 3.45. The van der Waals surface area contributed by atoms with Gasteiger partial charge in [-0.05, 0) is 29.4 Å². The highest BCUT2D eigenvalue weighted by molar-refractivity contribution is 6.11. The summed E-state index contributed by atoms with van der Waals surface area (Å²) in [6, 6.07) is 12.7. The molecule has 5 heterocycles. The smallest absolute Gasteiger partial charge is 0.140 e. The van der Waals surface area contributed by atoms with Crippen molar-refractivity contribution in [3.8, 4) is 12.1 Å². The third kappa shape index (κ3) is 2.99. The Balaban J connectivity index is 1.28. The minimum absolute atomic E-state index is 0.0205. The van der Waals surface area contributed by atoms with E-state index in [9.17, 15) is 10.5 Å². The maximum absolute atomic E-state index is 9.48. The van der Waals surface area contributed by atoms with Gasteiger partial charge in [-0.2, -0.15) is 10.5 Å². The predicted molar refractivity (Wildman–Crippen MR) is 140 cm³/mol. The van der Waals surface area contributed by atoms with Crippen LogP contribution in [0.3, 0.4) is 0 Å². The molecule has 0 spiro atoms. The van der Waals surface area contributed by atoms with E-state index in [-0.39, 0.29) is 36.1 Å². The molecule has 174 valence electrons. The first-order valence-corrected chi connectivity index (χ1v) is 12.3. The Labute approximate surface area is 209 Å². The molecule has 6 atom stereocenters. The SMILES string of the molecule is N#CC1=CC2c3ccccc3N(C3=NC(N4C5=C(CC(C#N)N=C5)C5C=CC=CC54)CC=C3)C2C=N1. The van der Waals surface area contributed by atoms with Gasteiger partial charge < -0.3 is 9.80 Å². The number of fused-ring (bicyclic) bond motifs is 5. The van der Waals surface area contributed by atoms with Crippen LogP contribution in [0.2, 0.25) is 0 Å². The number of hydrogen-bond donors (Lipinski definition) is 0. The van der Waals surface area contributed by atoms with E-state index >= 15 is 0 Å². The number of nitrogens with zero attached hydrogens (tertiary/aromatic N) is 7. The number of dihydropyridines is 2. The topological polar surface area (TPSA) is 91.1 Å². The highest BCUT2D eigenvalue weighted by Gasteiger charge is 2.45. The maximum Gasteiger partial charge on any atom is 0.140 e. The molecular weight excluding hydrogens is 446 g/mol. The number of nitriles is 2. The largest absolute Gasteiger partial charge is 0.341 e. The first kappa shape index (κ1) is 20.8. The Hall–Kier alpha value is -4.49. The minimum Gasteiger partial charge on any atom is -0.341 e. The molecule has 0 fully saturated rings. The van der Waals surface area contributed by atoms with Gasteiger partial charge in [0.15, 0.2) is 0 Å². The molecule has 7 rings (SSSR count). The van der Waals surface area contributed by atoms with Crippen LogP contribution in [0.4, 0.5) is 5.69 Å². The lowest BCUT2D eigenvalue weighted by Crippen LogP contribution is -2.45. The predicted octanol–water partition coefficient (Wildman–Crippen LogP) is 4.18. The number of para-hydroxylation sites is 1. The standard InChI is InChI=1S/C29H23N7/c30-14-18-12-22-20-6-1-3-8-24(20)35(26(22)16-32-18)28-10-5-11-29(34-28)36-25-9-4-2-7-21(25)23-13-19(15-31)33-17-27(23)36/h1-10,12,16-17,19,21-22,25-26,29H,11,13H2. The second-order valence-corrected chi connectivity index (χ2v) is 9.72. The van der Waals surface area contributed by atoms with E-state index in [0.717, 1.165) is 23.6 Å². The van der Waals surface area contributed by atoms with E-state index in [1.807, 2.05) is 30.6 Å². The van der Waals surface area contributed by atoms with Crippen molar-refractivity contribution in [3.05, 3.63) is 89.3 Å². The van der Waals surface area contributed by atoms with Crippen LogP contribution >= 0.6 is 0 Å². The van der Waals surface area contributed by atoms with Gasteiger partial charge in [0.05, 0.1) is 23.8 Å². The lowest BCUT2D eigenvalue weighted by molar-refractivity contribution is 0.232. The highest BCUT2D eigenvalue weighted by Crippen LogP contribution is 2.46. The Morgan fingerprint density at radius 2 is 1.92 bits per heavy atom. The molecule has 0 aromatic heterocycles. The molecule has 0 radical (unpaired) electrons. The maximum atomic E-state index is 9.48. The van der Waals surface area contributed by atoms with E-state index in [1.54, 1.807) is 0 Å². The normalized spacial score (nSPS) is 32.8. The molecule has 1 aromatic rings. The molecule has 1 aromatic carbocycles. The van der Waals surface area contributed by atoms with Gasteiger partial charge in [0.1, 0.15) is 29.8 Å². The van der Waals surface area contributed by atoms with Gasteiger partial charge in [-0.25, -0.2) is 9.98 Å². The fourth-order valence-corrected chi connectivity index (χ4v) is 6.35. The zero-order valence-corrected chi connectivity index (χ0v) is 19.5. The summed E-state index contributed by atoms with van der Waals surface area (Å²) in [5.74, 6) is 1.21. The summed E-state index contributed by atoms with van der Waals surface area (Å²) in [5.41, 5.74) is 5.14. The number of hydrogen-bond acceptors (Lipinski definition) is 7. The lowest BCUT2D eigenvalue weighted by Gasteiger charge is -2.37. The fourth-order valence-electron chi connectivity index (χ4n) is 6.35. The molecule has 0 saturated carbocycles. The number of allylic oxidation sites excluding steroid dienone is 4. The first-order chi connectivity index (χ1) is 17.8. The first-order valence-electron chi connectivity index (χ1n) is 12.3. The number of benzene rings is 1. The van der Waals surface area contributed by atoms with Crippen LogP contribution in [-0.2, 0) is 0 Å². The molecule has 7 nitrogen and oxygen atoms in total. The molecule has 6 aliphatic rings. The van der Waals surface area contributed by atoms with Crippen molar-refractivity contribution in [1.82, 2.24) is 4.90 Å². The molecule has 7 heteroatoms. The van der Waals surface area contributed by atoms with Crippen LogP contribution in [-0.4, -0.2) is 47.5 Å². The Kier molecular flexibility index (Phi) is 4.65. The van der Waals surface area contributed by atoms with Crippen molar-refractivity contribution in [2.45, 2.75) is 43.1 Å². The van der Waals surface area contributed by atoms with Crippen LogP contribution in [0, 0.1) is 28.6 Å². The van der Waals surface area contributed by atoms with E-state index in [0.29, 0.717) is 12.1 Å². The summed E-state index contributed by atoms with van der Waals surface area (Å²) in [7, 11) is 0. The van der Waals surface area contributed by atoms with Crippen molar-refractivity contribution < 1.29 is 0 Å². The molecule has 0 bridgehead atoms. The third-order valence-electron chi connectivity index (χ3n) is 7.88. The monoisotopic (exact) mass is 469 g/mol. The zero-order chi connectivity index (χ0) is 24.2. The molecule has 0 saturated heterocycles. The molecule has 5 aliphatic heterocycles. The van der Waals surface area contributed by atoms with Gasteiger partial charge in [-0.1, -0.05) is 48.6 Å². The number of aliphatic imine (C=N–C) groups is 3. The van der Waals surface area contributed by atoms with Gasteiger partial charge in [0.2, 0.25) is 0 Å². The van der Waals surface area contributed by atoms with Crippen LogP contribution < -0.4 is 4.90 Å². The van der Waals surface area contributed by atoms with E-state index in [4.69, 9.17) is 4.99 Å². The van der Waals surface area contributed by atoms with Crippen molar-refractivity contribution >= 4 is 24.0 Å². The summed E-state index contributed by atoms with van der Waals surface area (Å²) < 4.78 is 0. The molecule has 0 amide bonds. The van der Waals surface area contributed by atoms with Crippen molar-refractivity contribution in [2.75, 3.05) is 4.90 Å². The summed E-state index contributed by atoms with van der Waals surface area (Å²) in [5, 5.41) is 18.9. The van der Waals surface area contributed by atoms with Gasteiger partial charge in [0.25, 0.3) is 0 Å². The van der Waals surface area contributed by atoms with Crippen LogP contribution in [0.15, 0.2) is 98.7 Å². The zero-order valence-electron chi connectivity index (χ0n) is 19.5. The van der Waals surface area contributed by atoms with E-state index < -0.39 is 0 Å². The summed E-state index contributed by atoms with van der Waals surface area (Å²) in [4.78, 5) is 18.9. The van der Waals surface area contributed by atoms with Gasteiger partial charge in [0, 0.05) is 42.8 Å². The summed E-state index contributed by atoms with van der Waals surface area (Å²) in [6.45, 7) is 0. The van der Waals surface area contributed by atoms with E-state index in [1.165, 1.54) is 11.1 Å². The van der Waals surface area contributed by atoms with Gasteiger partial charge in [-0.15, -0.1) is 0 Å². The number of amidine groups is 1. The molecular formula is C29H23N7. The van der Waals surface area contributed by atoms with Gasteiger partial charge in [-0.3, -0.25) is 4.99 Å². The van der Waals surface area contributed by atoms with Crippen LogP contribution in [0.25, 0.3) is 0 Å². The quantitative estimate of drug-likeness (QED) is 0.617. The Morgan fingerprint density at radius 1 is 1.03 bits per heavy atom. The molecule has 0 N–H and O–H groups in total. The van der Waals surface area contributed by atoms with Crippen LogP contribution in [0.5, 0.6) is 0 Å². The fraction of sp³-hybridized carbons (Fsp3) is 0.276. The number of anilines is 1. The highest BCUT2D eigenvalue weighted by atomic mass is 15.3. The average molecular weight is 470 g/mol. The van der Waals surface area contributed by atoms with E-state index in [2.05, 4.69) is 80.5 Å². The Bertz CT molecular complexity index is 1470. The van der Waals surface area contributed by atoms with Crippen LogP contribution in [0.1, 0.15) is 24.3 Å². The summed E-state index contributed by atoms with van der Waals surface area (Å²) >= 11 is 0. The third-order valence-corrected chi connectivity index (χ3v) is 7.88. The van der Waals surface area contributed by atoms with Crippen molar-refractivity contribution in [3.63, 3.8) is 0 Å². The number of rotatable bonds is 1. The minimum atomic E-state index is -0.316. The second kappa shape index (κ2) is 8.03. The summed E-state index contributed by atoms with van der Waals surface area (Å²) in [6.07, 6.45) is 20.1. The molecule has 36 heavy (non-hydrogen) atoms. The Morgan fingerprint density at radius 3 is 2.81 bits per heavy atom.